The number of likely N-dealkylation sites (N-methyl/N-ethyl adjacent to an activating group) is 1. The number of carbonyl (C=O) groups is 1. The number of rotatable bonds is 4. The van der Waals surface area contributed by atoms with Crippen LogP contribution in [0.15, 0.2) is 54.9 Å². The van der Waals surface area contributed by atoms with Gasteiger partial charge in [0.2, 0.25) is 0 Å². The molecule has 0 spiro atoms. The van der Waals surface area contributed by atoms with Crippen molar-refractivity contribution in [2.75, 3.05) is 38.7 Å². The molecule has 1 amide bonds. The summed E-state index contributed by atoms with van der Waals surface area (Å²) in [7, 11) is 2.08. The lowest BCUT2D eigenvalue weighted by Crippen LogP contribution is -2.47. The number of benzene rings is 2. The number of hydrogen-bond donors (Lipinski definition) is 3. The predicted octanol–water partition coefficient (Wildman–Crippen LogP) is 3.79. The van der Waals surface area contributed by atoms with E-state index in [1.807, 2.05) is 60.4 Å². The Morgan fingerprint density at radius 2 is 1.82 bits per heavy atom. The summed E-state index contributed by atoms with van der Waals surface area (Å²) in [5, 5.41) is 10.3. The number of fused-ring (bicyclic) bond motifs is 1. The molecule has 1 fully saturated rings. The second-order valence-corrected chi connectivity index (χ2v) is 8.43. The van der Waals surface area contributed by atoms with Gasteiger partial charge in [-0.2, -0.15) is 0 Å². The molecule has 0 aliphatic carbocycles. The van der Waals surface area contributed by atoms with E-state index in [2.05, 4.69) is 32.4 Å². The molecule has 8 heteroatoms. The zero-order valence-electron chi connectivity index (χ0n) is 18.7. The Morgan fingerprint density at radius 3 is 2.55 bits per heavy atom. The fourth-order valence-corrected chi connectivity index (χ4v) is 4.31. The maximum absolute atomic E-state index is 12.8. The molecule has 0 bridgehead atoms. The van der Waals surface area contributed by atoms with Crippen LogP contribution in [0.25, 0.3) is 33.5 Å². The average molecular weight is 443 g/mol. The number of nitrogens with zero attached hydrogens (tertiary/aromatic N) is 4. The Kier molecular flexibility index (Phi) is 5.53. The van der Waals surface area contributed by atoms with Crippen LogP contribution in [0, 0.1) is 6.92 Å². The lowest BCUT2D eigenvalue weighted by atomic mass is 10.0. The van der Waals surface area contributed by atoms with Gasteiger partial charge in [0.05, 0.1) is 11.4 Å². The lowest BCUT2D eigenvalue weighted by molar-refractivity contribution is 0.0664. The van der Waals surface area contributed by atoms with Crippen LogP contribution in [0.1, 0.15) is 15.9 Å². The van der Waals surface area contributed by atoms with E-state index < -0.39 is 0 Å². The normalized spacial score (nSPS) is 14.6. The minimum atomic E-state index is 0.0762. The van der Waals surface area contributed by atoms with Gasteiger partial charge < -0.3 is 14.8 Å². The van der Waals surface area contributed by atoms with E-state index in [1.54, 1.807) is 0 Å². The van der Waals surface area contributed by atoms with Crippen molar-refractivity contribution in [2.24, 2.45) is 0 Å². The third kappa shape index (κ3) is 3.94. The molecule has 0 radical (unpaired) electrons. The summed E-state index contributed by atoms with van der Waals surface area (Å²) in [6.07, 6.45) is 1.54. The molecule has 1 saturated heterocycles. The Labute approximate surface area is 191 Å². The summed E-state index contributed by atoms with van der Waals surface area (Å²) in [5.74, 6) is 0.0762. The summed E-state index contributed by atoms with van der Waals surface area (Å²) in [6, 6.07) is 15.4. The first-order valence-corrected chi connectivity index (χ1v) is 11.0. The standard InChI is InChI=1S/C25H26N6O2/c1-16-19(4-3-5-21(16)29-33)23-20-14-22(28-24(20)27-15-26-23)17-6-8-18(9-7-17)25(32)31-12-10-30(2)11-13-31/h3-9,14-15,29,33H,10-13H2,1-2H3,(H,26,27,28). The summed E-state index contributed by atoms with van der Waals surface area (Å²) in [4.78, 5) is 29.3. The van der Waals surface area contributed by atoms with E-state index in [0.717, 1.165) is 65.3 Å². The zero-order valence-corrected chi connectivity index (χ0v) is 18.7. The first-order chi connectivity index (χ1) is 16.0. The number of anilines is 1. The third-order valence-corrected chi connectivity index (χ3v) is 6.37. The quantitative estimate of drug-likeness (QED) is 0.416. The van der Waals surface area contributed by atoms with Gasteiger partial charge in [0.25, 0.3) is 5.91 Å². The molecule has 1 aliphatic heterocycles. The van der Waals surface area contributed by atoms with Crippen LogP contribution in [-0.4, -0.2) is 69.1 Å². The first kappa shape index (κ1) is 21.1. The highest BCUT2D eigenvalue weighted by Gasteiger charge is 2.20. The Morgan fingerprint density at radius 1 is 1.06 bits per heavy atom. The number of carbonyl (C=O) groups excluding carboxylic acids is 1. The fourth-order valence-electron chi connectivity index (χ4n) is 4.31. The smallest absolute Gasteiger partial charge is 0.253 e. The monoisotopic (exact) mass is 442 g/mol. The van der Waals surface area contributed by atoms with Gasteiger partial charge in [0.15, 0.2) is 0 Å². The zero-order chi connectivity index (χ0) is 22.9. The van der Waals surface area contributed by atoms with Crippen molar-refractivity contribution in [1.29, 1.82) is 0 Å². The molecule has 0 unspecified atom stereocenters. The van der Waals surface area contributed by atoms with E-state index in [4.69, 9.17) is 0 Å². The van der Waals surface area contributed by atoms with Crippen molar-refractivity contribution in [1.82, 2.24) is 24.8 Å². The molecule has 1 aliphatic rings. The molecule has 2 aromatic heterocycles. The number of H-pyrrole nitrogens is 1. The molecule has 3 N–H and O–H groups in total. The molecule has 4 aromatic rings. The first-order valence-electron chi connectivity index (χ1n) is 11.0. The van der Waals surface area contributed by atoms with Gasteiger partial charge in [-0.3, -0.25) is 15.5 Å². The van der Waals surface area contributed by atoms with Crippen LogP contribution in [0.2, 0.25) is 0 Å². The van der Waals surface area contributed by atoms with Crippen LogP contribution in [0.4, 0.5) is 5.69 Å². The number of aromatic amines is 1. The maximum Gasteiger partial charge on any atom is 0.253 e. The van der Waals surface area contributed by atoms with Crippen LogP contribution < -0.4 is 5.48 Å². The molecule has 2 aromatic carbocycles. The summed E-state index contributed by atoms with van der Waals surface area (Å²) in [5.41, 5.74) is 8.78. The molecule has 0 atom stereocenters. The number of piperazine rings is 1. The van der Waals surface area contributed by atoms with Crippen LogP contribution in [0.5, 0.6) is 0 Å². The van der Waals surface area contributed by atoms with Crippen LogP contribution in [0.3, 0.4) is 0 Å². The Bertz CT molecular complexity index is 1310. The molecule has 168 valence electrons. The van der Waals surface area contributed by atoms with E-state index in [1.165, 1.54) is 6.33 Å². The van der Waals surface area contributed by atoms with Gasteiger partial charge in [0, 0.05) is 48.4 Å². The largest absolute Gasteiger partial charge is 0.339 e. The predicted molar refractivity (Wildman–Crippen MR) is 128 cm³/mol. The van der Waals surface area contributed by atoms with Gasteiger partial charge in [-0.25, -0.2) is 9.97 Å². The average Bonchev–Trinajstić information content (AvgIpc) is 3.29. The van der Waals surface area contributed by atoms with Crippen LogP contribution in [-0.2, 0) is 0 Å². The minimum absolute atomic E-state index is 0.0762. The van der Waals surface area contributed by atoms with E-state index in [-0.39, 0.29) is 5.91 Å². The lowest BCUT2D eigenvalue weighted by Gasteiger charge is -2.32. The van der Waals surface area contributed by atoms with Gasteiger partial charge in [-0.1, -0.05) is 24.3 Å². The molecular weight excluding hydrogens is 416 g/mol. The van der Waals surface area contributed by atoms with Crippen molar-refractivity contribution >= 4 is 22.6 Å². The number of nitrogens with one attached hydrogen (secondary N) is 2. The fraction of sp³-hybridized carbons (Fsp3) is 0.240. The van der Waals surface area contributed by atoms with Crippen molar-refractivity contribution in [3.63, 3.8) is 0 Å². The molecule has 33 heavy (non-hydrogen) atoms. The van der Waals surface area contributed by atoms with Gasteiger partial charge in [0.1, 0.15) is 12.0 Å². The second kappa shape index (κ2) is 8.65. The number of hydrogen-bond acceptors (Lipinski definition) is 6. The third-order valence-electron chi connectivity index (χ3n) is 6.37. The SMILES string of the molecule is Cc1c(NO)cccc1-c1ncnc2[nH]c(-c3ccc(C(=O)N4CCN(C)CC4)cc3)cc12. The van der Waals surface area contributed by atoms with Crippen molar-refractivity contribution < 1.29 is 10.0 Å². The maximum atomic E-state index is 12.8. The minimum Gasteiger partial charge on any atom is -0.339 e. The van der Waals surface area contributed by atoms with Gasteiger partial charge in [-0.05, 0) is 49.4 Å². The molecule has 3 heterocycles. The van der Waals surface area contributed by atoms with Crippen molar-refractivity contribution in [2.45, 2.75) is 6.92 Å². The summed E-state index contributed by atoms with van der Waals surface area (Å²) >= 11 is 0. The van der Waals surface area contributed by atoms with E-state index in [9.17, 15) is 10.0 Å². The van der Waals surface area contributed by atoms with Crippen molar-refractivity contribution in [3.8, 4) is 22.5 Å². The summed E-state index contributed by atoms with van der Waals surface area (Å²) < 4.78 is 0. The van der Waals surface area contributed by atoms with Crippen molar-refractivity contribution in [3.05, 3.63) is 66.0 Å². The molecular formula is C25H26N6O2. The van der Waals surface area contributed by atoms with Crippen LogP contribution >= 0.6 is 0 Å². The van der Waals surface area contributed by atoms with E-state index in [0.29, 0.717) is 11.3 Å². The Balaban J connectivity index is 1.45. The highest BCUT2D eigenvalue weighted by molar-refractivity contribution is 5.97. The van der Waals surface area contributed by atoms with Gasteiger partial charge >= 0.3 is 0 Å². The highest BCUT2D eigenvalue weighted by atomic mass is 16.5. The Hall–Kier alpha value is -3.75. The van der Waals surface area contributed by atoms with E-state index >= 15 is 0 Å². The number of amides is 1. The molecule has 0 saturated carbocycles. The summed E-state index contributed by atoms with van der Waals surface area (Å²) in [6.45, 7) is 5.25. The molecule has 8 nitrogen and oxygen atoms in total. The second-order valence-electron chi connectivity index (χ2n) is 8.43. The number of aromatic nitrogens is 3. The van der Waals surface area contributed by atoms with Gasteiger partial charge in [-0.15, -0.1) is 0 Å². The molecule has 5 rings (SSSR count). The highest BCUT2D eigenvalue weighted by Crippen LogP contribution is 2.33. The topological polar surface area (TPSA) is 97.4 Å².